The van der Waals surface area contributed by atoms with E-state index in [1.807, 2.05) is 52.0 Å². The summed E-state index contributed by atoms with van der Waals surface area (Å²) in [5.41, 5.74) is -0.00294. The van der Waals surface area contributed by atoms with Crippen LogP contribution in [0.1, 0.15) is 40.5 Å². The molecule has 0 saturated carbocycles. The lowest BCUT2D eigenvalue weighted by Crippen LogP contribution is -2.44. The molecule has 6 heteroatoms. The second kappa shape index (κ2) is 6.95. The molecule has 1 aliphatic heterocycles. The second-order valence-electron chi connectivity index (χ2n) is 7.99. The Balaban J connectivity index is 2.42. The first-order chi connectivity index (χ1) is 10.9. The topological polar surface area (TPSA) is 52.6 Å². The Morgan fingerprint density at radius 1 is 1.29 bits per heavy atom. The minimum atomic E-state index is -0.942. The number of hydrogen-bond donors (Lipinski definition) is 3. The fourth-order valence-electron chi connectivity index (χ4n) is 2.73. The Morgan fingerprint density at radius 3 is 2.38 bits per heavy atom. The molecule has 1 amide bonds. The number of nitrogens with zero attached hydrogens (tertiary/aromatic N) is 1. The Hall–Kier alpha value is -0.610. The summed E-state index contributed by atoms with van der Waals surface area (Å²) in [4.78, 5) is 12.5. The number of amides is 1. The SMILES string of the molecule is CC1(S)C=CC(NC(=O)C(C)(C)C)=C(C2(O)CCN(P)CC2)C=C1. The summed E-state index contributed by atoms with van der Waals surface area (Å²) in [6.07, 6.45) is 8.94. The normalized spacial score (nSPS) is 28.0. The van der Waals surface area contributed by atoms with E-state index in [0.717, 1.165) is 18.7 Å². The monoisotopic (exact) mass is 368 g/mol. The van der Waals surface area contributed by atoms with E-state index >= 15 is 0 Å². The van der Waals surface area contributed by atoms with Crippen molar-refractivity contribution < 1.29 is 9.90 Å². The Morgan fingerprint density at radius 2 is 1.83 bits per heavy atom. The van der Waals surface area contributed by atoms with Crippen LogP contribution in [0.2, 0.25) is 0 Å². The van der Waals surface area contributed by atoms with Crippen LogP contribution in [0, 0.1) is 5.41 Å². The van der Waals surface area contributed by atoms with Gasteiger partial charge in [-0.3, -0.25) is 9.46 Å². The number of nitrogens with one attached hydrogen (secondary N) is 1. The van der Waals surface area contributed by atoms with Gasteiger partial charge >= 0.3 is 0 Å². The van der Waals surface area contributed by atoms with Gasteiger partial charge in [-0.1, -0.05) is 48.4 Å². The van der Waals surface area contributed by atoms with Crippen molar-refractivity contribution in [2.24, 2.45) is 5.41 Å². The second-order valence-corrected chi connectivity index (χ2v) is 9.69. The van der Waals surface area contributed by atoms with Crippen molar-refractivity contribution in [2.75, 3.05) is 13.1 Å². The Bertz CT molecular complexity index is 595. The molecule has 1 saturated heterocycles. The Kier molecular flexibility index (Phi) is 5.71. The number of piperidine rings is 1. The number of hydrogen-bond acceptors (Lipinski definition) is 4. The Labute approximate surface area is 153 Å². The van der Waals surface area contributed by atoms with E-state index in [-0.39, 0.29) is 5.91 Å². The molecule has 1 fully saturated rings. The number of carbonyl (C=O) groups is 1. The van der Waals surface area contributed by atoms with E-state index in [9.17, 15) is 9.90 Å². The van der Waals surface area contributed by atoms with E-state index in [2.05, 4.69) is 32.0 Å². The molecule has 2 N–H and O–H groups in total. The van der Waals surface area contributed by atoms with Crippen molar-refractivity contribution in [1.82, 2.24) is 9.99 Å². The third-order valence-electron chi connectivity index (χ3n) is 4.52. The highest BCUT2D eigenvalue weighted by molar-refractivity contribution is 7.82. The molecular formula is C18H29N2O2PS. The zero-order valence-corrected chi connectivity index (χ0v) is 17.0. The van der Waals surface area contributed by atoms with Crippen LogP contribution in [0.3, 0.4) is 0 Å². The summed E-state index contributed by atoms with van der Waals surface area (Å²) in [7, 11) is 2.69. The summed E-state index contributed by atoms with van der Waals surface area (Å²) >= 11 is 4.61. The summed E-state index contributed by atoms with van der Waals surface area (Å²) in [6, 6.07) is 0. The maximum absolute atomic E-state index is 12.5. The lowest BCUT2D eigenvalue weighted by atomic mass is 9.83. The molecule has 2 aliphatic rings. The molecule has 0 bridgehead atoms. The van der Waals surface area contributed by atoms with Crippen molar-refractivity contribution >= 4 is 27.9 Å². The van der Waals surface area contributed by atoms with Crippen LogP contribution < -0.4 is 5.32 Å². The molecule has 1 heterocycles. The van der Waals surface area contributed by atoms with Crippen LogP contribution in [0.25, 0.3) is 0 Å². The molecule has 24 heavy (non-hydrogen) atoms. The first-order valence-corrected chi connectivity index (χ1v) is 9.28. The molecule has 2 unspecified atom stereocenters. The largest absolute Gasteiger partial charge is 0.385 e. The van der Waals surface area contributed by atoms with Crippen molar-refractivity contribution in [3.63, 3.8) is 0 Å². The van der Waals surface area contributed by atoms with Crippen LogP contribution >= 0.6 is 22.0 Å². The van der Waals surface area contributed by atoms with Gasteiger partial charge in [-0.15, -0.1) is 0 Å². The van der Waals surface area contributed by atoms with Gasteiger partial charge in [0.05, 0.1) is 5.60 Å². The molecule has 134 valence electrons. The molecule has 2 rings (SSSR count). The first kappa shape index (κ1) is 19.7. The van der Waals surface area contributed by atoms with Crippen molar-refractivity contribution in [3.8, 4) is 0 Å². The van der Waals surface area contributed by atoms with Gasteiger partial charge in [-0.2, -0.15) is 12.6 Å². The fraction of sp³-hybridized carbons (Fsp3) is 0.611. The van der Waals surface area contributed by atoms with Crippen LogP contribution in [-0.4, -0.2) is 39.1 Å². The summed E-state index contributed by atoms with van der Waals surface area (Å²) in [5.74, 6) is -0.0668. The smallest absolute Gasteiger partial charge is 0.229 e. The first-order valence-electron chi connectivity index (χ1n) is 8.32. The minimum Gasteiger partial charge on any atom is -0.385 e. The molecule has 0 aromatic carbocycles. The highest BCUT2D eigenvalue weighted by Gasteiger charge is 2.37. The quantitative estimate of drug-likeness (QED) is 0.519. The van der Waals surface area contributed by atoms with E-state index < -0.39 is 15.8 Å². The molecule has 1 aliphatic carbocycles. The summed E-state index contributed by atoms with van der Waals surface area (Å²) in [6.45, 7) is 9.20. The van der Waals surface area contributed by atoms with Crippen LogP contribution in [0.15, 0.2) is 35.6 Å². The highest BCUT2D eigenvalue weighted by Crippen LogP contribution is 2.36. The van der Waals surface area contributed by atoms with Gasteiger partial charge in [0.15, 0.2) is 0 Å². The number of aliphatic hydroxyl groups is 1. The van der Waals surface area contributed by atoms with Gasteiger partial charge in [0.2, 0.25) is 5.91 Å². The molecule has 0 spiro atoms. The zero-order chi connectivity index (χ0) is 18.2. The van der Waals surface area contributed by atoms with E-state index in [1.54, 1.807) is 0 Å². The molecule has 4 nitrogen and oxygen atoms in total. The average Bonchev–Trinajstić information content (AvgIpc) is 2.61. The lowest BCUT2D eigenvalue weighted by Gasteiger charge is -2.38. The number of carbonyl (C=O) groups excluding carboxylic acids is 1. The third-order valence-corrected chi connectivity index (χ3v) is 5.34. The maximum atomic E-state index is 12.5. The molecular weight excluding hydrogens is 339 g/mol. The standard InChI is InChI=1S/C18H29N2O2PS/c1-16(2,3)15(21)19-14-6-8-17(4,24)7-5-13(14)18(22)9-11-20(23)12-10-18/h5-8,22,24H,9-12,23H2,1-4H3,(H,19,21). The highest BCUT2D eigenvalue weighted by atomic mass is 32.1. The van der Waals surface area contributed by atoms with E-state index in [4.69, 9.17) is 0 Å². The predicted octanol–water partition coefficient (Wildman–Crippen LogP) is 2.83. The fourth-order valence-corrected chi connectivity index (χ4v) is 3.13. The zero-order valence-electron chi connectivity index (χ0n) is 15.0. The average molecular weight is 368 g/mol. The lowest BCUT2D eigenvalue weighted by molar-refractivity contribution is -0.127. The van der Waals surface area contributed by atoms with Crippen LogP contribution in [0.4, 0.5) is 0 Å². The molecule has 0 aromatic rings. The summed E-state index contributed by atoms with van der Waals surface area (Å²) in [5, 5.41) is 14.3. The van der Waals surface area contributed by atoms with Gasteiger partial charge in [0.25, 0.3) is 0 Å². The van der Waals surface area contributed by atoms with Gasteiger partial charge in [-0.05, 0) is 25.8 Å². The van der Waals surface area contributed by atoms with Crippen molar-refractivity contribution in [2.45, 2.75) is 50.9 Å². The van der Waals surface area contributed by atoms with Gasteiger partial charge in [-0.25, -0.2) is 0 Å². The predicted molar refractivity (Wildman–Crippen MR) is 106 cm³/mol. The van der Waals surface area contributed by atoms with Crippen molar-refractivity contribution in [1.29, 1.82) is 0 Å². The van der Waals surface area contributed by atoms with Gasteiger partial charge in [0, 0.05) is 34.5 Å². The number of thiol groups is 1. The summed E-state index contributed by atoms with van der Waals surface area (Å²) < 4.78 is 1.71. The van der Waals surface area contributed by atoms with Crippen LogP contribution in [-0.2, 0) is 4.79 Å². The third kappa shape index (κ3) is 4.72. The van der Waals surface area contributed by atoms with Gasteiger partial charge < -0.3 is 10.4 Å². The van der Waals surface area contributed by atoms with E-state index in [0.29, 0.717) is 18.5 Å². The van der Waals surface area contributed by atoms with E-state index in [1.165, 1.54) is 0 Å². The minimum absolute atomic E-state index is 0.0668. The van der Waals surface area contributed by atoms with Gasteiger partial charge in [0.1, 0.15) is 0 Å². The molecule has 0 aromatic heterocycles. The van der Waals surface area contributed by atoms with Crippen LogP contribution in [0.5, 0.6) is 0 Å². The maximum Gasteiger partial charge on any atom is 0.229 e. The molecule has 0 radical (unpaired) electrons. The number of rotatable bonds is 2. The number of allylic oxidation sites excluding steroid dienone is 1. The van der Waals surface area contributed by atoms with Crippen molar-refractivity contribution in [3.05, 3.63) is 35.6 Å². The molecule has 2 atom stereocenters.